The number of nitrogens with zero attached hydrogens (tertiary/aromatic N) is 2. The molecule has 0 aromatic carbocycles. The molecular formula is C12H15N3OS. The monoisotopic (exact) mass is 249 g/mol. The molecule has 2 aromatic rings. The van der Waals surface area contributed by atoms with E-state index in [2.05, 4.69) is 24.0 Å². The van der Waals surface area contributed by atoms with Crippen molar-refractivity contribution < 1.29 is 4.52 Å². The number of nitrogen functional groups attached to an aromatic ring is 1. The molecule has 5 heteroatoms. The molecule has 3 rings (SSSR count). The molecule has 0 saturated carbocycles. The Morgan fingerprint density at radius 3 is 2.88 bits per heavy atom. The first-order valence-electron chi connectivity index (χ1n) is 5.90. The van der Waals surface area contributed by atoms with E-state index in [4.69, 9.17) is 10.3 Å². The first kappa shape index (κ1) is 10.8. The number of fused-ring (bicyclic) bond motifs is 1. The van der Waals surface area contributed by atoms with Crippen LogP contribution in [-0.2, 0) is 12.8 Å². The van der Waals surface area contributed by atoms with E-state index in [9.17, 15) is 0 Å². The van der Waals surface area contributed by atoms with E-state index in [1.165, 1.54) is 16.9 Å². The average Bonchev–Trinajstić information content (AvgIpc) is 2.91. The topological polar surface area (TPSA) is 64.9 Å². The molecule has 2 aromatic heterocycles. The van der Waals surface area contributed by atoms with Gasteiger partial charge in [0.15, 0.2) is 5.82 Å². The van der Waals surface area contributed by atoms with Crippen LogP contribution in [0.25, 0.3) is 11.5 Å². The van der Waals surface area contributed by atoms with E-state index in [1.54, 1.807) is 11.3 Å². The van der Waals surface area contributed by atoms with Gasteiger partial charge in [-0.2, -0.15) is 4.98 Å². The molecule has 17 heavy (non-hydrogen) atoms. The van der Waals surface area contributed by atoms with E-state index in [-0.39, 0.29) is 5.92 Å². The predicted molar refractivity (Wildman–Crippen MR) is 68.1 cm³/mol. The predicted octanol–water partition coefficient (Wildman–Crippen LogP) is 2.99. The summed E-state index contributed by atoms with van der Waals surface area (Å²) >= 11 is 1.67. The Balaban J connectivity index is 2.08. The maximum Gasteiger partial charge on any atom is 0.261 e. The first-order valence-corrected chi connectivity index (χ1v) is 6.72. The molecular weight excluding hydrogens is 234 g/mol. The zero-order valence-electron chi connectivity index (χ0n) is 9.99. The molecule has 0 unspecified atom stereocenters. The van der Waals surface area contributed by atoms with Gasteiger partial charge in [0.25, 0.3) is 5.89 Å². The minimum absolute atomic E-state index is 0.278. The highest BCUT2D eigenvalue weighted by Crippen LogP contribution is 2.42. The normalized spacial score (nSPS) is 14.5. The van der Waals surface area contributed by atoms with Crippen LogP contribution < -0.4 is 5.73 Å². The lowest BCUT2D eigenvalue weighted by atomic mass is 10.1. The van der Waals surface area contributed by atoms with Gasteiger partial charge in [0.2, 0.25) is 0 Å². The van der Waals surface area contributed by atoms with Crippen molar-refractivity contribution in [1.82, 2.24) is 10.1 Å². The molecule has 0 aliphatic heterocycles. The molecule has 0 fully saturated rings. The van der Waals surface area contributed by atoms with Gasteiger partial charge < -0.3 is 10.3 Å². The molecule has 2 N–H and O–H groups in total. The number of hydrogen-bond donors (Lipinski definition) is 1. The van der Waals surface area contributed by atoms with Gasteiger partial charge >= 0.3 is 0 Å². The van der Waals surface area contributed by atoms with Gasteiger partial charge in [0.05, 0.1) is 10.6 Å². The zero-order valence-corrected chi connectivity index (χ0v) is 10.8. The number of thiophene rings is 1. The molecule has 0 atom stereocenters. The Labute approximate surface area is 104 Å². The number of anilines is 1. The van der Waals surface area contributed by atoms with Crippen molar-refractivity contribution in [2.24, 2.45) is 0 Å². The summed E-state index contributed by atoms with van der Waals surface area (Å²) < 4.78 is 5.34. The van der Waals surface area contributed by atoms with Gasteiger partial charge in [-0.15, -0.1) is 11.3 Å². The van der Waals surface area contributed by atoms with E-state index < -0.39 is 0 Å². The van der Waals surface area contributed by atoms with E-state index in [0.29, 0.717) is 5.89 Å². The Kier molecular flexibility index (Phi) is 2.43. The Morgan fingerprint density at radius 1 is 1.35 bits per heavy atom. The number of aromatic nitrogens is 2. The van der Waals surface area contributed by atoms with Crippen LogP contribution in [0.2, 0.25) is 0 Å². The van der Waals surface area contributed by atoms with Crippen LogP contribution in [-0.4, -0.2) is 10.1 Å². The van der Waals surface area contributed by atoms with Crippen LogP contribution >= 0.6 is 11.3 Å². The lowest BCUT2D eigenvalue weighted by molar-refractivity contribution is 0.419. The summed E-state index contributed by atoms with van der Waals surface area (Å²) in [5.74, 6) is 1.61. The van der Waals surface area contributed by atoms with Crippen molar-refractivity contribution in [1.29, 1.82) is 0 Å². The summed E-state index contributed by atoms with van der Waals surface area (Å²) in [6.07, 6.45) is 3.42. The molecule has 0 radical (unpaired) electrons. The molecule has 0 amide bonds. The molecule has 0 spiro atoms. The summed E-state index contributed by atoms with van der Waals surface area (Å²) in [4.78, 5) is 5.83. The standard InChI is InChI=1S/C12H15N3OS/c1-6(2)11-14-12(16-15-11)9-7-4-3-5-8(7)17-10(9)13/h6H,3-5,13H2,1-2H3. The Morgan fingerprint density at radius 2 is 2.18 bits per heavy atom. The molecule has 1 aliphatic rings. The van der Waals surface area contributed by atoms with Gasteiger partial charge in [0, 0.05) is 10.8 Å². The molecule has 0 bridgehead atoms. The van der Waals surface area contributed by atoms with Crippen LogP contribution in [0.4, 0.5) is 5.00 Å². The molecule has 1 aliphatic carbocycles. The number of rotatable bonds is 2. The van der Waals surface area contributed by atoms with E-state index in [0.717, 1.165) is 29.2 Å². The fourth-order valence-corrected chi connectivity index (χ4v) is 3.38. The van der Waals surface area contributed by atoms with Crippen LogP contribution in [0.5, 0.6) is 0 Å². The highest BCUT2D eigenvalue weighted by atomic mass is 32.1. The third-order valence-electron chi connectivity index (χ3n) is 3.12. The largest absolute Gasteiger partial charge is 0.390 e. The van der Waals surface area contributed by atoms with Crippen LogP contribution in [0.3, 0.4) is 0 Å². The molecule has 4 nitrogen and oxygen atoms in total. The van der Waals surface area contributed by atoms with Crippen molar-refractivity contribution in [2.45, 2.75) is 39.0 Å². The van der Waals surface area contributed by atoms with Crippen molar-refractivity contribution in [3.8, 4) is 11.5 Å². The number of aryl methyl sites for hydroxylation is 1. The maximum absolute atomic E-state index is 6.06. The summed E-state index contributed by atoms with van der Waals surface area (Å²) in [6.45, 7) is 4.10. The second-order valence-corrected chi connectivity index (χ2v) is 5.85. The highest BCUT2D eigenvalue weighted by molar-refractivity contribution is 7.16. The third kappa shape index (κ3) is 1.65. The smallest absolute Gasteiger partial charge is 0.261 e. The zero-order chi connectivity index (χ0) is 12.0. The summed E-state index contributed by atoms with van der Waals surface area (Å²) in [6, 6.07) is 0. The molecule has 2 heterocycles. The van der Waals surface area contributed by atoms with Crippen molar-refractivity contribution >= 4 is 16.3 Å². The minimum Gasteiger partial charge on any atom is -0.390 e. The van der Waals surface area contributed by atoms with Gasteiger partial charge in [0.1, 0.15) is 0 Å². The van der Waals surface area contributed by atoms with Crippen molar-refractivity contribution in [3.05, 3.63) is 16.3 Å². The summed E-state index contributed by atoms with van der Waals surface area (Å²) in [7, 11) is 0. The van der Waals surface area contributed by atoms with E-state index >= 15 is 0 Å². The minimum atomic E-state index is 0.278. The Bertz CT molecular complexity index is 556. The highest BCUT2D eigenvalue weighted by Gasteiger charge is 2.25. The number of hydrogen-bond acceptors (Lipinski definition) is 5. The van der Waals surface area contributed by atoms with Crippen molar-refractivity contribution in [3.63, 3.8) is 0 Å². The van der Waals surface area contributed by atoms with Crippen LogP contribution in [0.15, 0.2) is 4.52 Å². The fraction of sp³-hybridized carbons (Fsp3) is 0.500. The van der Waals surface area contributed by atoms with E-state index in [1.807, 2.05) is 0 Å². The van der Waals surface area contributed by atoms with Crippen LogP contribution in [0, 0.1) is 0 Å². The molecule has 0 saturated heterocycles. The SMILES string of the molecule is CC(C)c1noc(-c2c(N)sc3c2CCC3)n1. The second kappa shape index (κ2) is 3.84. The fourth-order valence-electron chi connectivity index (χ4n) is 2.23. The quantitative estimate of drug-likeness (QED) is 0.888. The van der Waals surface area contributed by atoms with Gasteiger partial charge in [-0.3, -0.25) is 0 Å². The lowest BCUT2D eigenvalue weighted by Gasteiger charge is -1.96. The lowest BCUT2D eigenvalue weighted by Crippen LogP contribution is -1.91. The third-order valence-corrected chi connectivity index (χ3v) is 4.24. The van der Waals surface area contributed by atoms with Gasteiger partial charge in [-0.25, -0.2) is 0 Å². The van der Waals surface area contributed by atoms with Crippen LogP contribution in [0.1, 0.15) is 42.5 Å². The summed E-state index contributed by atoms with van der Waals surface area (Å²) in [5.41, 5.74) is 8.37. The second-order valence-electron chi connectivity index (χ2n) is 4.71. The average molecular weight is 249 g/mol. The first-order chi connectivity index (χ1) is 8.16. The molecule has 90 valence electrons. The van der Waals surface area contributed by atoms with Gasteiger partial charge in [-0.1, -0.05) is 19.0 Å². The van der Waals surface area contributed by atoms with Crippen molar-refractivity contribution in [2.75, 3.05) is 5.73 Å². The Hall–Kier alpha value is -1.36. The van der Waals surface area contributed by atoms with Gasteiger partial charge in [-0.05, 0) is 24.8 Å². The maximum atomic E-state index is 6.06. The number of nitrogens with two attached hydrogens (primary N) is 1. The summed E-state index contributed by atoms with van der Waals surface area (Å²) in [5, 5.41) is 4.81.